The Labute approximate surface area is 96.1 Å². The first-order valence-corrected chi connectivity index (χ1v) is 3.78. The minimum atomic E-state index is 0. The summed E-state index contributed by atoms with van der Waals surface area (Å²) in [4.78, 5) is 0. The summed E-state index contributed by atoms with van der Waals surface area (Å²) in [5.74, 6) is 0.0948. The van der Waals surface area contributed by atoms with Crippen molar-refractivity contribution in [2.24, 2.45) is 0 Å². The summed E-state index contributed by atoms with van der Waals surface area (Å²) in [5, 5.41) is 10.9. The molecule has 0 bridgehead atoms. The van der Waals surface area contributed by atoms with E-state index in [1.54, 1.807) is 12.1 Å². The van der Waals surface area contributed by atoms with Gasteiger partial charge in [-0.25, -0.2) is 0 Å². The molecule has 1 nitrogen and oxygen atoms in total. The van der Waals surface area contributed by atoms with E-state index in [0.717, 1.165) is 5.56 Å². The molecule has 1 aromatic carbocycles. The van der Waals surface area contributed by atoms with Crippen molar-refractivity contribution in [1.82, 2.24) is 0 Å². The van der Waals surface area contributed by atoms with E-state index in [9.17, 15) is 5.11 Å². The topological polar surface area (TPSA) is 23.1 Å². The van der Waals surface area contributed by atoms with Gasteiger partial charge in [-0.1, -0.05) is 45.0 Å². The van der Waals surface area contributed by atoms with Crippen LogP contribution in [0.5, 0.6) is 5.75 Å². The van der Waals surface area contributed by atoms with Crippen LogP contribution in [0.4, 0.5) is 0 Å². The van der Waals surface area contributed by atoms with E-state index < -0.39 is 0 Å². The fraction of sp³-hybridized carbons (Fsp3) is 0.400. The Bertz CT molecular complexity index is 250. The number of rotatable bonds is 0. The fourth-order valence-electron chi connectivity index (χ4n) is 0.963. The third-order valence-electron chi connectivity index (χ3n) is 1.70. The fourth-order valence-corrected chi connectivity index (χ4v) is 0.963. The van der Waals surface area contributed by atoms with E-state index in [2.05, 4.69) is 20.8 Å². The van der Waals surface area contributed by atoms with Gasteiger partial charge in [0, 0.05) is 0 Å². The van der Waals surface area contributed by atoms with E-state index in [1.165, 1.54) is 0 Å². The zero-order valence-corrected chi connectivity index (χ0v) is 10.2. The third-order valence-corrected chi connectivity index (χ3v) is 1.70. The molecule has 0 aromatic heterocycles. The molecule has 0 N–H and O–H groups in total. The standard InChI is InChI=1S/C10H14O.Na/c1-10(2,3)8-5-4-6-9(11)7-8;/h4-7,11H,1-3H3;/q;+1/p-1. The average Bonchev–Trinajstić information content (AvgIpc) is 1.86. The minimum Gasteiger partial charge on any atom is -0.872 e. The smallest absolute Gasteiger partial charge is 0.872 e. The van der Waals surface area contributed by atoms with Gasteiger partial charge in [0.15, 0.2) is 0 Å². The first-order chi connectivity index (χ1) is 5.00. The van der Waals surface area contributed by atoms with Gasteiger partial charge in [0.2, 0.25) is 0 Å². The summed E-state index contributed by atoms with van der Waals surface area (Å²) in [7, 11) is 0. The summed E-state index contributed by atoms with van der Waals surface area (Å²) in [5.41, 5.74) is 1.19. The summed E-state index contributed by atoms with van der Waals surface area (Å²) in [6, 6.07) is 7.07. The van der Waals surface area contributed by atoms with Gasteiger partial charge in [0.25, 0.3) is 0 Å². The third kappa shape index (κ3) is 3.18. The maximum absolute atomic E-state index is 10.9. The van der Waals surface area contributed by atoms with Crippen molar-refractivity contribution in [2.45, 2.75) is 26.2 Å². The second-order valence-electron chi connectivity index (χ2n) is 3.78. The van der Waals surface area contributed by atoms with Gasteiger partial charge in [0.1, 0.15) is 0 Å². The van der Waals surface area contributed by atoms with Gasteiger partial charge in [0.05, 0.1) is 0 Å². The molecule has 1 rings (SSSR count). The van der Waals surface area contributed by atoms with Crippen molar-refractivity contribution < 1.29 is 34.7 Å². The molecule has 0 fully saturated rings. The van der Waals surface area contributed by atoms with Gasteiger partial charge in [-0.2, -0.15) is 0 Å². The van der Waals surface area contributed by atoms with Gasteiger partial charge < -0.3 is 5.11 Å². The Hall–Kier alpha value is 0.0200. The van der Waals surface area contributed by atoms with Crippen LogP contribution in [0.2, 0.25) is 0 Å². The van der Waals surface area contributed by atoms with Crippen molar-refractivity contribution in [3.63, 3.8) is 0 Å². The van der Waals surface area contributed by atoms with Crippen LogP contribution >= 0.6 is 0 Å². The molecule has 0 heterocycles. The molecule has 0 saturated heterocycles. The van der Waals surface area contributed by atoms with Crippen LogP contribution in [0.25, 0.3) is 0 Å². The van der Waals surface area contributed by atoms with Gasteiger partial charge in [-0.15, -0.1) is 5.75 Å². The Balaban J connectivity index is 0.00000121. The minimum absolute atomic E-state index is 0. The molecule has 0 aliphatic heterocycles. The monoisotopic (exact) mass is 172 g/mol. The van der Waals surface area contributed by atoms with Crippen molar-refractivity contribution in [2.75, 3.05) is 0 Å². The second-order valence-corrected chi connectivity index (χ2v) is 3.78. The predicted octanol–water partition coefficient (Wildman–Crippen LogP) is -0.938. The molecule has 0 aliphatic rings. The maximum Gasteiger partial charge on any atom is 1.00 e. The number of hydrogen-bond donors (Lipinski definition) is 0. The molecular weight excluding hydrogens is 159 g/mol. The molecule has 0 atom stereocenters. The molecule has 0 unspecified atom stereocenters. The van der Waals surface area contributed by atoms with Crippen molar-refractivity contribution in [3.05, 3.63) is 29.8 Å². The van der Waals surface area contributed by atoms with E-state index in [1.807, 2.05) is 12.1 Å². The normalized spacial score (nSPS) is 10.6. The summed E-state index contributed by atoms with van der Waals surface area (Å²) >= 11 is 0. The van der Waals surface area contributed by atoms with Gasteiger partial charge in [-0.05, 0) is 11.0 Å². The van der Waals surface area contributed by atoms with E-state index in [0.29, 0.717) is 0 Å². The SMILES string of the molecule is CC(C)(C)c1cccc([O-])c1.[Na+]. The maximum atomic E-state index is 10.9. The van der Waals surface area contributed by atoms with Crippen LogP contribution in [-0.4, -0.2) is 0 Å². The van der Waals surface area contributed by atoms with Crippen molar-refractivity contribution in [3.8, 4) is 5.75 Å². The zero-order chi connectivity index (χ0) is 8.48. The molecule has 1 aromatic rings. The molecule has 12 heavy (non-hydrogen) atoms. The Kier molecular flexibility index (Phi) is 4.32. The largest absolute Gasteiger partial charge is 1.00 e. The molecule has 2 heteroatoms. The van der Waals surface area contributed by atoms with Crippen LogP contribution in [-0.2, 0) is 5.41 Å². The molecule has 0 amide bonds. The molecule has 60 valence electrons. The van der Waals surface area contributed by atoms with Crippen LogP contribution in [0.1, 0.15) is 26.3 Å². The molecule has 0 spiro atoms. The summed E-state index contributed by atoms with van der Waals surface area (Å²) in [6.45, 7) is 6.30. The van der Waals surface area contributed by atoms with E-state index in [-0.39, 0.29) is 40.7 Å². The first kappa shape index (κ1) is 12.0. The molecule has 0 saturated carbocycles. The zero-order valence-electron chi connectivity index (χ0n) is 8.22. The Morgan fingerprint density at radius 2 is 1.75 bits per heavy atom. The summed E-state index contributed by atoms with van der Waals surface area (Å²) < 4.78 is 0. The van der Waals surface area contributed by atoms with Crippen LogP contribution in [0.15, 0.2) is 24.3 Å². The van der Waals surface area contributed by atoms with Crippen molar-refractivity contribution in [1.29, 1.82) is 0 Å². The van der Waals surface area contributed by atoms with Gasteiger partial charge >= 0.3 is 29.6 Å². The Morgan fingerprint density at radius 3 is 2.08 bits per heavy atom. The van der Waals surface area contributed by atoms with Gasteiger partial charge in [-0.3, -0.25) is 0 Å². The van der Waals surface area contributed by atoms with E-state index >= 15 is 0 Å². The van der Waals surface area contributed by atoms with Crippen LogP contribution in [0, 0.1) is 0 Å². The van der Waals surface area contributed by atoms with E-state index in [4.69, 9.17) is 0 Å². The molecule has 0 radical (unpaired) electrons. The quantitative estimate of drug-likeness (QED) is 0.463. The number of hydrogen-bond acceptors (Lipinski definition) is 1. The molecule has 0 aliphatic carbocycles. The second kappa shape index (κ2) is 4.31. The van der Waals surface area contributed by atoms with Crippen molar-refractivity contribution >= 4 is 0 Å². The molecular formula is C10H13NaO. The predicted molar refractivity (Wildman–Crippen MR) is 44.6 cm³/mol. The average molecular weight is 172 g/mol. The number of benzene rings is 1. The van der Waals surface area contributed by atoms with Crippen LogP contribution < -0.4 is 34.7 Å². The summed E-state index contributed by atoms with van der Waals surface area (Å²) in [6.07, 6.45) is 0. The van der Waals surface area contributed by atoms with Crippen LogP contribution in [0.3, 0.4) is 0 Å². The Morgan fingerprint density at radius 1 is 1.17 bits per heavy atom. The first-order valence-electron chi connectivity index (χ1n) is 3.78.